The van der Waals surface area contributed by atoms with Gasteiger partial charge in [0.05, 0.1) is 16.8 Å². The molecule has 0 aliphatic carbocycles. The lowest BCUT2D eigenvalue weighted by Crippen LogP contribution is -2.40. The van der Waals surface area contributed by atoms with E-state index >= 15 is 0 Å². The third-order valence-electron chi connectivity index (χ3n) is 6.06. The van der Waals surface area contributed by atoms with Crippen molar-refractivity contribution in [2.45, 2.75) is 19.4 Å². The number of hydrogen-bond donors (Lipinski definition) is 4. The topological polar surface area (TPSA) is 147 Å². The summed E-state index contributed by atoms with van der Waals surface area (Å²) in [5.74, 6) is -1.02. The summed E-state index contributed by atoms with van der Waals surface area (Å²) in [5, 5.41) is 15.2. The van der Waals surface area contributed by atoms with Gasteiger partial charge < -0.3 is 24.9 Å². The molecule has 4 N–H and O–H groups in total. The van der Waals surface area contributed by atoms with E-state index in [4.69, 9.17) is 4.42 Å². The van der Waals surface area contributed by atoms with Crippen LogP contribution in [-0.2, 0) is 12.6 Å². The van der Waals surface area contributed by atoms with Crippen LogP contribution < -0.4 is 16.0 Å². The van der Waals surface area contributed by atoms with E-state index in [0.717, 1.165) is 5.56 Å². The number of nitrogens with one attached hydrogen (secondary N) is 4. The summed E-state index contributed by atoms with van der Waals surface area (Å²) in [6.07, 6.45) is 3.16. The van der Waals surface area contributed by atoms with Gasteiger partial charge in [-0.3, -0.25) is 19.5 Å². The van der Waals surface area contributed by atoms with Gasteiger partial charge in [-0.25, -0.2) is 4.98 Å². The number of furan rings is 1. The molecule has 3 heterocycles. The lowest BCUT2D eigenvalue weighted by Gasteiger charge is -2.26. The predicted octanol–water partition coefficient (Wildman–Crippen LogP) is 4.06. The first kappa shape index (κ1) is 24.5. The Bertz CT molecular complexity index is 1650. The number of fused-ring (bicyclic) bond motifs is 1. The average molecular weight is 512 g/mol. The molecule has 3 aromatic heterocycles. The molecule has 2 aromatic carbocycles. The highest BCUT2D eigenvalue weighted by atomic mass is 16.3. The summed E-state index contributed by atoms with van der Waals surface area (Å²) >= 11 is 0. The molecule has 5 rings (SSSR count). The SMILES string of the molecule is Cn1ccnc1C(=O)Nc1ccccc1C(=O)Nc1n[nH]c2cc(C(=O)NC(C)(C)c3ccccc3)oc12. The van der Waals surface area contributed by atoms with Gasteiger partial charge in [0.25, 0.3) is 17.7 Å². The standard InChI is InChI=1S/C27H25N7O4/c1-27(2,16-9-5-4-6-10-16)31-25(36)20-15-19-21(38-20)22(33-32-19)30-24(35)17-11-7-8-12-18(17)29-26(37)23-28-13-14-34(23)3/h4-15H,1-3H3,(H,29,37)(H,31,36)(H2,30,32,33,35). The van der Waals surface area contributed by atoms with Crippen molar-refractivity contribution in [3.05, 3.63) is 95.8 Å². The Morgan fingerprint density at radius 3 is 2.42 bits per heavy atom. The summed E-state index contributed by atoms with van der Waals surface area (Å²) in [4.78, 5) is 42.7. The molecule has 0 fully saturated rings. The molecule has 11 nitrogen and oxygen atoms in total. The molecule has 0 saturated carbocycles. The Hall–Kier alpha value is -5.19. The molecule has 0 spiro atoms. The number of benzene rings is 2. The van der Waals surface area contributed by atoms with Crippen LogP contribution in [0.2, 0.25) is 0 Å². The van der Waals surface area contributed by atoms with Gasteiger partial charge in [0.2, 0.25) is 0 Å². The zero-order valence-electron chi connectivity index (χ0n) is 20.9. The number of rotatable bonds is 7. The minimum absolute atomic E-state index is 0.0656. The first-order chi connectivity index (χ1) is 18.2. The van der Waals surface area contributed by atoms with Crippen molar-refractivity contribution in [3.63, 3.8) is 0 Å². The smallest absolute Gasteiger partial charge is 0.291 e. The van der Waals surface area contributed by atoms with Crippen LogP contribution in [0.3, 0.4) is 0 Å². The molecule has 0 aliphatic rings. The molecule has 5 aromatic rings. The number of imidazole rings is 1. The second-order valence-corrected chi connectivity index (χ2v) is 9.19. The summed E-state index contributed by atoms with van der Waals surface area (Å²) < 4.78 is 7.35. The van der Waals surface area contributed by atoms with Crippen LogP contribution in [-0.4, -0.2) is 37.5 Å². The lowest BCUT2D eigenvalue weighted by molar-refractivity contribution is 0.0885. The van der Waals surface area contributed by atoms with Gasteiger partial charge in [-0.2, -0.15) is 5.10 Å². The van der Waals surface area contributed by atoms with Crippen LogP contribution in [0, 0.1) is 0 Å². The number of amides is 3. The Morgan fingerprint density at radius 2 is 1.68 bits per heavy atom. The van der Waals surface area contributed by atoms with E-state index in [9.17, 15) is 14.4 Å². The fourth-order valence-corrected chi connectivity index (χ4v) is 4.01. The minimum atomic E-state index is -0.642. The van der Waals surface area contributed by atoms with Gasteiger partial charge in [-0.1, -0.05) is 42.5 Å². The van der Waals surface area contributed by atoms with Crippen molar-refractivity contribution in [2.24, 2.45) is 7.05 Å². The highest BCUT2D eigenvalue weighted by Crippen LogP contribution is 2.27. The van der Waals surface area contributed by atoms with Gasteiger partial charge >= 0.3 is 0 Å². The quantitative estimate of drug-likeness (QED) is 0.259. The molecule has 3 amide bonds. The zero-order valence-corrected chi connectivity index (χ0v) is 20.9. The van der Waals surface area contributed by atoms with Gasteiger partial charge in [0, 0.05) is 25.5 Å². The van der Waals surface area contributed by atoms with Crippen molar-refractivity contribution < 1.29 is 18.8 Å². The molecule has 38 heavy (non-hydrogen) atoms. The van der Waals surface area contributed by atoms with E-state index in [1.54, 1.807) is 42.1 Å². The summed E-state index contributed by atoms with van der Waals surface area (Å²) in [5.41, 5.74) is 1.47. The normalized spacial score (nSPS) is 11.3. The maximum atomic E-state index is 13.1. The second-order valence-electron chi connectivity index (χ2n) is 9.19. The molecular weight excluding hydrogens is 486 g/mol. The van der Waals surface area contributed by atoms with Crippen LogP contribution in [0.1, 0.15) is 50.9 Å². The predicted molar refractivity (Wildman–Crippen MR) is 141 cm³/mol. The molecule has 0 bridgehead atoms. The van der Waals surface area contributed by atoms with Crippen LogP contribution in [0.5, 0.6) is 0 Å². The van der Waals surface area contributed by atoms with E-state index in [1.807, 2.05) is 44.2 Å². The number of carbonyl (C=O) groups excluding carboxylic acids is 3. The largest absolute Gasteiger partial charge is 0.445 e. The number of H-pyrrole nitrogens is 1. The third-order valence-corrected chi connectivity index (χ3v) is 6.06. The van der Waals surface area contributed by atoms with Crippen LogP contribution in [0.15, 0.2) is 77.5 Å². The molecule has 192 valence electrons. The molecular formula is C27H25N7O4. The third kappa shape index (κ3) is 4.76. The summed E-state index contributed by atoms with van der Waals surface area (Å²) in [6.45, 7) is 3.79. The highest BCUT2D eigenvalue weighted by molar-refractivity contribution is 6.13. The Morgan fingerprint density at radius 1 is 0.947 bits per heavy atom. The molecule has 0 radical (unpaired) electrons. The summed E-state index contributed by atoms with van der Waals surface area (Å²) in [7, 11) is 1.70. The number of para-hydroxylation sites is 1. The van der Waals surface area contributed by atoms with E-state index in [-0.39, 0.29) is 28.5 Å². The maximum Gasteiger partial charge on any atom is 0.291 e. The maximum absolute atomic E-state index is 13.1. The Balaban J connectivity index is 1.33. The average Bonchev–Trinajstić information content (AvgIpc) is 3.62. The van der Waals surface area contributed by atoms with E-state index in [0.29, 0.717) is 11.2 Å². The van der Waals surface area contributed by atoms with Crippen LogP contribution in [0.25, 0.3) is 11.1 Å². The van der Waals surface area contributed by atoms with Crippen molar-refractivity contribution in [3.8, 4) is 0 Å². The second kappa shape index (κ2) is 9.69. The number of aromatic nitrogens is 4. The number of aromatic amines is 1. The first-order valence-electron chi connectivity index (χ1n) is 11.8. The zero-order chi connectivity index (χ0) is 26.9. The molecule has 0 atom stereocenters. The fraction of sp³-hybridized carbons (Fsp3) is 0.148. The number of nitrogens with zero attached hydrogens (tertiary/aromatic N) is 3. The lowest BCUT2D eigenvalue weighted by atomic mass is 9.94. The van der Waals surface area contributed by atoms with Crippen LogP contribution >= 0.6 is 0 Å². The van der Waals surface area contributed by atoms with Gasteiger partial charge in [0.15, 0.2) is 23.0 Å². The van der Waals surface area contributed by atoms with E-state index < -0.39 is 23.3 Å². The number of aryl methyl sites for hydroxylation is 1. The van der Waals surface area contributed by atoms with E-state index in [1.165, 1.54) is 12.3 Å². The van der Waals surface area contributed by atoms with Gasteiger partial charge in [-0.15, -0.1) is 0 Å². The highest BCUT2D eigenvalue weighted by Gasteiger charge is 2.26. The first-order valence-corrected chi connectivity index (χ1v) is 11.8. The Kier molecular flexibility index (Phi) is 6.25. The number of anilines is 2. The van der Waals surface area contributed by atoms with Crippen molar-refractivity contribution >= 4 is 40.3 Å². The Labute approximate surface area is 217 Å². The van der Waals surface area contributed by atoms with Gasteiger partial charge in [-0.05, 0) is 31.5 Å². The molecule has 0 unspecified atom stereocenters. The van der Waals surface area contributed by atoms with Crippen LogP contribution in [0.4, 0.5) is 11.5 Å². The van der Waals surface area contributed by atoms with Gasteiger partial charge in [0.1, 0.15) is 5.52 Å². The van der Waals surface area contributed by atoms with Crippen molar-refractivity contribution in [2.75, 3.05) is 10.6 Å². The monoisotopic (exact) mass is 511 g/mol. The minimum Gasteiger partial charge on any atom is -0.445 e. The number of hydrogen-bond acceptors (Lipinski definition) is 6. The van der Waals surface area contributed by atoms with Crippen molar-refractivity contribution in [1.29, 1.82) is 0 Å². The number of carbonyl (C=O) groups is 3. The fourth-order valence-electron chi connectivity index (χ4n) is 4.01. The van der Waals surface area contributed by atoms with Crippen molar-refractivity contribution in [1.82, 2.24) is 25.1 Å². The van der Waals surface area contributed by atoms with E-state index in [2.05, 4.69) is 31.1 Å². The molecule has 0 saturated heterocycles. The summed E-state index contributed by atoms with van der Waals surface area (Å²) in [6, 6.07) is 17.7. The molecule has 0 aliphatic heterocycles. The molecule has 11 heteroatoms.